The summed E-state index contributed by atoms with van der Waals surface area (Å²) in [7, 11) is -1.17. The molecule has 2 nitrogen and oxygen atoms in total. The summed E-state index contributed by atoms with van der Waals surface area (Å²) >= 11 is 0. The molecule has 0 unspecified atom stereocenters. The molecule has 1 aliphatic rings. The van der Waals surface area contributed by atoms with Gasteiger partial charge in [0, 0.05) is 12.3 Å². The van der Waals surface area contributed by atoms with Crippen LogP contribution in [0.2, 0.25) is 0 Å². The largest absolute Gasteiger partial charge is 0.381 e. The fourth-order valence-electron chi connectivity index (χ4n) is 0.599. The first kappa shape index (κ1) is 5.33. The van der Waals surface area contributed by atoms with Crippen molar-refractivity contribution in [2.24, 2.45) is 0 Å². The van der Waals surface area contributed by atoms with Gasteiger partial charge in [-0.25, -0.2) is 0 Å². The van der Waals surface area contributed by atoms with Gasteiger partial charge >= 0.3 is 0 Å². The highest BCUT2D eigenvalue weighted by atomic mass is 31.1. The predicted molar refractivity (Wildman–Crippen MR) is 29.6 cm³/mol. The Morgan fingerprint density at radius 2 is 1.86 bits per heavy atom. The summed E-state index contributed by atoms with van der Waals surface area (Å²) in [5.41, 5.74) is 0. The van der Waals surface area contributed by atoms with Crippen LogP contribution in [0.4, 0.5) is 0 Å². The Hall–Kier alpha value is 0.190. The van der Waals surface area contributed by atoms with Gasteiger partial charge in [0.1, 0.15) is 0 Å². The Bertz CT molecular complexity index is 73.8. The van der Waals surface area contributed by atoms with Crippen molar-refractivity contribution in [2.45, 2.75) is 0 Å². The zero-order valence-corrected chi connectivity index (χ0v) is 5.14. The average molecular weight is 120 g/mol. The Balaban J connectivity index is 2.25. The topological polar surface area (TPSA) is 26.3 Å². The molecule has 0 radical (unpaired) electrons. The minimum Gasteiger partial charge on any atom is -0.381 e. The molecule has 1 saturated heterocycles. The van der Waals surface area contributed by atoms with Crippen molar-refractivity contribution in [3.63, 3.8) is 0 Å². The van der Waals surface area contributed by atoms with E-state index in [0.29, 0.717) is 0 Å². The minimum absolute atomic E-state index is 0.720. The standard InChI is InChI=1S/C4H9O2P/c5-7-3-1-6-2-4-7/h7H,1-4H2. The van der Waals surface area contributed by atoms with E-state index in [9.17, 15) is 4.57 Å². The lowest BCUT2D eigenvalue weighted by Crippen LogP contribution is -2.08. The molecule has 1 aliphatic heterocycles. The minimum atomic E-state index is -1.17. The van der Waals surface area contributed by atoms with Gasteiger partial charge in [0.05, 0.1) is 21.0 Å². The first-order valence-corrected chi connectivity index (χ1v) is 4.31. The van der Waals surface area contributed by atoms with Crippen LogP contribution in [0.1, 0.15) is 0 Å². The molecule has 3 heteroatoms. The van der Waals surface area contributed by atoms with Crippen LogP contribution in [-0.4, -0.2) is 25.5 Å². The molecule has 0 bridgehead atoms. The molecule has 42 valence electrons. The van der Waals surface area contributed by atoms with Gasteiger partial charge < -0.3 is 9.30 Å². The highest BCUT2D eigenvalue weighted by molar-refractivity contribution is 7.44. The molecule has 0 saturated carbocycles. The molecule has 1 rings (SSSR count). The van der Waals surface area contributed by atoms with E-state index in [1.54, 1.807) is 0 Å². The van der Waals surface area contributed by atoms with Crippen molar-refractivity contribution in [1.82, 2.24) is 0 Å². The van der Waals surface area contributed by atoms with Gasteiger partial charge in [-0.3, -0.25) is 0 Å². The van der Waals surface area contributed by atoms with Crippen molar-refractivity contribution >= 4 is 7.80 Å². The van der Waals surface area contributed by atoms with Crippen LogP contribution in [0, 0.1) is 0 Å². The Morgan fingerprint density at radius 1 is 1.29 bits per heavy atom. The normalized spacial score (nSPS) is 25.1. The van der Waals surface area contributed by atoms with Gasteiger partial charge in [-0.05, 0) is 0 Å². The number of ether oxygens (including phenoxy) is 1. The Kier molecular flexibility index (Phi) is 1.89. The molecular formula is C4H9O2P. The van der Waals surface area contributed by atoms with Crippen LogP contribution in [-0.2, 0) is 9.30 Å². The number of rotatable bonds is 0. The zero-order chi connectivity index (χ0) is 5.11. The highest BCUT2D eigenvalue weighted by Crippen LogP contribution is 2.21. The van der Waals surface area contributed by atoms with E-state index in [0.717, 1.165) is 25.5 Å². The summed E-state index contributed by atoms with van der Waals surface area (Å²) in [6.07, 6.45) is 1.62. The first-order valence-electron chi connectivity index (χ1n) is 2.49. The molecule has 0 aromatic carbocycles. The van der Waals surface area contributed by atoms with E-state index in [1.807, 2.05) is 0 Å². The molecule has 0 N–H and O–H groups in total. The van der Waals surface area contributed by atoms with Crippen molar-refractivity contribution in [2.75, 3.05) is 25.5 Å². The molecule has 1 heterocycles. The lowest BCUT2D eigenvalue weighted by atomic mass is 10.8. The average Bonchev–Trinajstić information content (AvgIpc) is 1.69. The van der Waals surface area contributed by atoms with Gasteiger partial charge in [0.15, 0.2) is 0 Å². The summed E-state index contributed by atoms with van der Waals surface area (Å²) in [4.78, 5) is 0. The Morgan fingerprint density at radius 3 is 2.14 bits per heavy atom. The molecular weight excluding hydrogens is 111 g/mol. The first-order chi connectivity index (χ1) is 3.39. The van der Waals surface area contributed by atoms with Crippen LogP contribution in [0.5, 0.6) is 0 Å². The van der Waals surface area contributed by atoms with Crippen LogP contribution < -0.4 is 0 Å². The summed E-state index contributed by atoms with van der Waals surface area (Å²) in [5, 5.41) is 0. The summed E-state index contributed by atoms with van der Waals surface area (Å²) in [6, 6.07) is 0. The number of hydrogen-bond donors (Lipinski definition) is 0. The third-order valence-electron chi connectivity index (χ3n) is 1.05. The Labute approximate surface area is 43.6 Å². The molecule has 0 amide bonds. The van der Waals surface area contributed by atoms with E-state index in [-0.39, 0.29) is 0 Å². The summed E-state index contributed by atoms with van der Waals surface area (Å²) in [5.74, 6) is 0. The maximum Gasteiger partial charge on any atom is 0.0807 e. The molecule has 0 spiro atoms. The van der Waals surface area contributed by atoms with Crippen molar-refractivity contribution in [3.05, 3.63) is 0 Å². The van der Waals surface area contributed by atoms with E-state index in [4.69, 9.17) is 4.74 Å². The molecule has 0 aliphatic carbocycles. The van der Waals surface area contributed by atoms with Crippen molar-refractivity contribution < 1.29 is 9.30 Å². The van der Waals surface area contributed by atoms with E-state index < -0.39 is 7.80 Å². The van der Waals surface area contributed by atoms with E-state index in [2.05, 4.69) is 0 Å². The quantitative estimate of drug-likeness (QED) is 0.437. The van der Waals surface area contributed by atoms with Crippen LogP contribution in [0.3, 0.4) is 0 Å². The third kappa shape index (κ3) is 1.62. The van der Waals surface area contributed by atoms with Gasteiger partial charge in [0.25, 0.3) is 0 Å². The fourth-order valence-corrected chi connectivity index (χ4v) is 1.59. The SMILES string of the molecule is O=[PH]1CCOCC1. The second-order valence-corrected chi connectivity index (χ2v) is 3.73. The van der Waals surface area contributed by atoms with E-state index in [1.165, 1.54) is 0 Å². The van der Waals surface area contributed by atoms with Gasteiger partial charge in [0.2, 0.25) is 0 Å². The third-order valence-corrected chi connectivity index (χ3v) is 2.57. The van der Waals surface area contributed by atoms with Gasteiger partial charge in [-0.2, -0.15) is 0 Å². The maximum atomic E-state index is 10.6. The number of hydrogen-bond acceptors (Lipinski definition) is 2. The fraction of sp³-hybridized carbons (Fsp3) is 1.00. The monoisotopic (exact) mass is 120 g/mol. The van der Waals surface area contributed by atoms with Gasteiger partial charge in [-0.1, -0.05) is 0 Å². The van der Waals surface area contributed by atoms with Crippen LogP contribution in [0.25, 0.3) is 0 Å². The molecule has 1 fully saturated rings. The maximum absolute atomic E-state index is 10.6. The van der Waals surface area contributed by atoms with Crippen LogP contribution in [0.15, 0.2) is 0 Å². The van der Waals surface area contributed by atoms with Crippen molar-refractivity contribution in [1.29, 1.82) is 0 Å². The summed E-state index contributed by atoms with van der Waals surface area (Å²) < 4.78 is 15.5. The lowest BCUT2D eigenvalue weighted by molar-refractivity contribution is 0.157. The van der Waals surface area contributed by atoms with Crippen molar-refractivity contribution in [3.8, 4) is 0 Å². The highest BCUT2D eigenvalue weighted by Gasteiger charge is 2.04. The summed E-state index contributed by atoms with van der Waals surface area (Å²) in [6.45, 7) is 1.44. The smallest absolute Gasteiger partial charge is 0.0807 e. The predicted octanol–water partition coefficient (Wildman–Crippen LogP) is 0.576. The van der Waals surface area contributed by atoms with E-state index >= 15 is 0 Å². The lowest BCUT2D eigenvalue weighted by Gasteiger charge is -2.08. The molecule has 0 aromatic rings. The molecule has 0 atom stereocenters. The van der Waals surface area contributed by atoms with Gasteiger partial charge in [-0.15, -0.1) is 0 Å². The molecule has 0 aromatic heterocycles. The molecule has 7 heavy (non-hydrogen) atoms. The van der Waals surface area contributed by atoms with Crippen LogP contribution >= 0.6 is 7.80 Å². The second kappa shape index (κ2) is 2.49. The zero-order valence-electron chi connectivity index (χ0n) is 4.14. The second-order valence-electron chi connectivity index (χ2n) is 1.65.